The number of rotatable bonds is 1. The number of nitriles is 1. The third-order valence-electron chi connectivity index (χ3n) is 1.73. The van der Waals surface area contributed by atoms with E-state index in [1.54, 1.807) is 39.0 Å². The summed E-state index contributed by atoms with van der Waals surface area (Å²) in [4.78, 5) is 11.5. The number of nitrogens with zero attached hydrogens (tertiary/aromatic N) is 1. The van der Waals surface area contributed by atoms with Crippen LogP contribution >= 0.6 is 15.9 Å². The van der Waals surface area contributed by atoms with Gasteiger partial charge >= 0.3 is 6.09 Å². The molecule has 90 valence electrons. The molecule has 4 nitrogen and oxygen atoms in total. The van der Waals surface area contributed by atoms with Gasteiger partial charge in [-0.15, -0.1) is 0 Å². The Morgan fingerprint density at radius 2 is 2.12 bits per heavy atom. The van der Waals surface area contributed by atoms with Crippen molar-refractivity contribution in [1.82, 2.24) is 0 Å². The highest BCUT2D eigenvalue weighted by Gasteiger charge is 2.16. The van der Waals surface area contributed by atoms with E-state index in [0.29, 0.717) is 15.7 Å². The van der Waals surface area contributed by atoms with Gasteiger partial charge in [0.05, 0.1) is 5.56 Å². The van der Waals surface area contributed by atoms with E-state index < -0.39 is 11.7 Å². The standard InChI is InChI=1S/C12H13BrN2O2/c1-12(2,3)17-11(16)15-9-4-5-10(13)8(6-9)7-14/h4-6H,1-3H3,(H,15,16). The topological polar surface area (TPSA) is 62.1 Å². The molecule has 0 fully saturated rings. The lowest BCUT2D eigenvalue weighted by atomic mass is 10.2. The highest BCUT2D eigenvalue weighted by atomic mass is 79.9. The van der Waals surface area contributed by atoms with E-state index in [1.807, 2.05) is 6.07 Å². The van der Waals surface area contributed by atoms with Gasteiger partial charge in [0, 0.05) is 10.2 Å². The quantitative estimate of drug-likeness (QED) is 0.860. The van der Waals surface area contributed by atoms with Crippen molar-refractivity contribution in [2.75, 3.05) is 5.32 Å². The summed E-state index contributed by atoms with van der Waals surface area (Å²) in [6.07, 6.45) is -0.538. The van der Waals surface area contributed by atoms with E-state index in [0.717, 1.165) is 0 Å². The van der Waals surface area contributed by atoms with Crippen LogP contribution in [0.3, 0.4) is 0 Å². The molecule has 1 N–H and O–H groups in total. The predicted molar refractivity (Wildman–Crippen MR) is 68.7 cm³/mol. The smallest absolute Gasteiger partial charge is 0.412 e. The summed E-state index contributed by atoms with van der Waals surface area (Å²) in [5, 5.41) is 11.4. The molecule has 0 unspecified atom stereocenters. The second kappa shape index (κ2) is 5.19. The molecule has 0 radical (unpaired) electrons. The molecule has 0 aliphatic heterocycles. The van der Waals surface area contributed by atoms with Crippen molar-refractivity contribution in [2.24, 2.45) is 0 Å². The van der Waals surface area contributed by atoms with Crippen LogP contribution in [-0.4, -0.2) is 11.7 Å². The average Bonchev–Trinajstić information content (AvgIpc) is 2.18. The van der Waals surface area contributed by atoms with E-state index in [9.17, 15) is 4.79 Å². The summed E-state index contributed by atoms with van der Waals surface area (Å²) in [6.45, 7) is 5.36. The van der Waals surface area contributed by atoms with E-state index in [4.69, 9.17) is 10.00 Å². The highest BCUT2D eigenvalue weighted by molar-refractivity contribution is 9.10. The number of carbonyl (C=O) groups excluding carboxylic acids is 1. The molecule has 1 aromatic rings. The molecule has 0 aromatic heterocycles. The second-order valence-electron chi connectivity index (χ2n) is 4.43. The number of hydrogen-bond acceptors (Lipinski definition) is 3. The minimum atomic E-state index is -0.544. The van der Waals surface area contributed by atoms with Crippen LogP contribution in [0.25, 0.3) is 0 Å². The zero-order valence-electron chi connectivity index (χ0n) is 9.87. The van der Waals surface area contributed by atoms with Gasteiger partial charge in [0.1, 0.15) is 11.7 Å². The number of benzene rings is 1. The zero-order chi connectivity index (χ0) is 13.1. The highest BCUT2D eigenvalue weighted by Crippen LogP contribution is 2.20. The fraction of sp³-hybridized carbons (Fsp3) is 0.333. The molecule has 1 aromatic carbocycles. The Morgan fingerprint density at radius 1 is 1.47 bits per heavy atom. The predicted octanol–water partition coefficient (Wildman–Crippen LogP) is 3.67. The molecular formula is C12H13BrN2O2. The number of halogens is 1. The third kappa shape index (κ3) is 4.45. The maximum absolute atomic E-state index is 11.5. The molecule has 0 bridgehead atoms. The molecule has 0 aliphatic carbocycles. The van der Waals surface area contributed by atoms with Crippen LogP contribution in [0.4, 0.5) is 10.5 Å². The second-order valence-corrected chi connectivity index (χ2v) is 5.29. The Labute approximate surface area is 109 Å². The van der Waals surface area contributed by atoms with Crippen molar-refractivity contribution in [3.8, 4) is 6.07 Å². The fourth-order valence-electron chi connectivity index (χ4n) is 1.11. The van der Waals surface area contributed by atoms with Crippen molar-refractivity contribution in [3.05, 3.63) is 28.2 Å². The molecule has 1 amide bonds. The van der Waals surface area contributed by atoms with Crippen molar-refractivity contribution in [2.45, 2.75) is 26.4 Å². The van der Waals surface area contributed by atoms with Gasteiger partial charge in [-0.1, -0.05) is 0 Å². The summed E-state index contributed by atoms with van der Waals surface area (Å²) in [5.41, 5.74) is 0.440. The van der Waals surface area contributed by atoms with Crippen LogP contribution in [0.2, 0.25) is 0 Å². The normalized spacial score (nSPS) is 10.5. The van der Waals surface area contributed by atoms with Crippen LogP contribution in [-0.2, 0) is 4.74 Å². The molecule has 5 heteroatoms. The first-order valence-corrected chi connectivity index (χ1v) is 5.81. The molecule has 17 heavy (non-hydrogen) atoms. The van der Waals surface area contributed by atoms with E-state index in [-0.39, 0.29) is 0 Å². The summed E-state index contributed by atoms with van der Waals surface area (Å²) in [7, 11) is 0. The van der Waals surface area contributed by atoms with Crippen molar-refractivity contribution >= 4 is 27.7 Å². The van der Waals surface area contributed by atoms with Gasteiger partial charge in [0.2, 0.25) is 0 Å². The molecule has 1 rings (SSSR count). The van der Waals surface area contributed by atoms with E-state index in [2.05, 4.69) is 21.2 Å². The minimum Gasteiger partial charge on any atom is -0.444 e. The lowest BCUT2D eigenvalue weighted by Crippen LogP contribution is -2.27. The van der Waals surface area contributed by atoms with Gasteiger partial charge in [0.15, 0.2) is 0 Å². The Balaban J connectivity index is 2.77. The third-order valence-corrected chi connectivity index (χ3v) is 2.42. The van der Waals surface area contributed by atoms with Crippen molar-refractivity contribution in [1.29, 1.82) is 5.26 Å². The van der Waals surface area contributed by atoms with Crippen LogP contribution in [0.5, 0.6) is 0 Å². The van der Waals surface area contributed by atoms with Crippen molar-refractivity contribution < 1.29 is 9.53 Å². The van der Waals surface area contributed by atoms with Crippen LogP contribution in [0.15, 0.2) is 22.7 Å². The van der Waals surface area contributed by atoms with Gasteiger partial charge in [-0.2, -0.15) is 5.26 Å². The Morgan fingerprint density at radius 3 is 2.65 bits per heavy atom. The molecule has 0 saturated carbocycles. The first-order valence-electron chi connectivity index (χ1n) is 5.01. The van der Waals surface area contributed by atoms with Gasteiger partial charge in [-0.3, -0.25) is 5.32 Å². The maximum atomic E-state index is 11.5. The van der Waals surface area contributed by atoms with E-state index in [1.165, 1.54) is 0 Å². The summed E-state index contributed by atoms with van der Waals surface area (Å²) in [6, 6.07) is 6.98. The van der Waals surface area contributed by atoms with Gasteiger partial charge < -0.3 is 4.74 Å². The summed E-state index contributed by atoms with van der Waals surface area (Å²) >= 11 is 3.24. The number of amides is 1. The van der Waals surface area contributed by atoms with Gasteiger partial charge in [-0.05, 0) is 54.9 Å². The Bertz CT molecular complexity index is 472. The molecule has 0 saturated heterocycles. The number of carbonyl (C=O) groups is 1. The Hall–Kier alpha value is -1.54. The fourth-order valence-corrected chi connectivity index (χ4v) is 1.45. The molecule has 0 spiro atoms. The number of anilines is 1. The van der Waals surface area contributed by atoms with Gasteiger partial charge in [-0.25, -0.2) is 4.79 Å². The first kappa shape index (κ1) is 13.5. The first-order chi connectivity index (χ1) is 7.81. The largest absolute Gasteiger partial charge is 0.444 e. The molecule has 0 aliphatic rings. The average molecular weight is 297 g/mol. The van der Waals surface area contributed by atoms with Crippen LogP contribution in [0.1, 0.15) is 26.3 Å². The number of hydrogen-bond donors (Lipinski definition) is 1. The Kier molecular flexibility index (Phi) is 4.13. The van der Waals surface area contributed by atoms with Crippen LogP contribution < -0.4 is 5.32 Å². The number of nitrogens with one attached hydrogen (secondary N) is 1. The van der Waals surface area contributed by atoms with Gasteiger partial charge in [0.25, 0.3) is 0 Å². The maximum Gasteiger partial charge on any atom is 0.412 e. The lowest BCUT2D eigenvalue weighted by Gasteiger charge is -2.19. The SMILES string of the molecule is CC(C)(C)OC(=O)Nc1ccc(Br)c(C#N)c1. The van der Waals surface area contributed by atoms with Crippen LogP contribution in [0, 0.1) is 11.3 Å². The van der Waals surface area contributed by atoms with E-state index >= 15 is 0 Å². The minimum absolute atomic E-state index is 0.457. The zero-order valence-corrected chi connectivity index (χ0v) is 11.5. The lowest BCUT2D eigenvalue weighted by molar-refractivity contribution is 0.0636. The number of ether oxygens (including phenoxy) is 1. The van der Waals surface area contributed by atoms with Crippen molar-refractivity contribution in [3.63, 3.8) is 0 Å². The molecule has 0 heterocycles. The molecular weight excluding hydrogens is 284 g/mol. The summed E-state index contributed by atoms with van der Waals surface area (Å²) in [5.74, 6) is 0. The molecule has 0 atom stereocenters. The monoisotopic (exact) mass is 296 g/mol. The summed E-state index contributed by atoms with van der Waals surface area (Å²) < 4.78 is 5.79.